The largest absolute Gasteiger partial charge is 0.316 e. The molecule has 2 unspecified atom stereocenters. The van der Waals surface area contributed by atoms with Crippen molar-refractivity contribution in [2.75, 3.05) is 39.8 Å². The third kappa shape index (κ3) is 4.94. The molecule has 2 rings (SSSR count). The molecule has 3 nitrogen and oxygen atoms in total. The molecule has 2 aliphatic heterocycles. The second-order valence-corrected chi connectivity index (χ2v) is 5.91. The fraction of sp³-hybridized carbons (Fsp3) is 1.00. The molecule has 17 heavy (non-hydrogen) atoms. The van der Waals surface area contributed by atoms with Gasteiger partial charge in [0.2, 0.25) is 0 Å². The fourth-order valence-electron chi connectivity index (χ4n) is 3.19. The van der Waals surface area contributed by atoms with E-state index in [1.165, 1.54) is 71.2 Å². The lowest BCUT2D eigenvalue weighted by atomic mass is 9.98. The number of rotatable bonds is 5. The number of piperidine rings is 2. The molecule has 2 saturated heterocycles. The Morgan fingerprint density at radius 1 is 1.24 bits per heavy atom. The predicted molar refractivity (Wildman–Crippen MR) is 73.3 cm³/mol. The molecule has 0 spiro atoms. The Morgan fingerprint density at radius 3 is 2.94 bits per heavy atom. The standard InChI is InChI=1S/C14H29N3/c1-17-10-4-5-13(12-17)11-15-9-7-14-6-2-3-8-16-14/h13-16H,2-12H2,1H3. The van der Waals surface area contributed by atoms with Crippen molar-refractivity contribution in [3.63, 3.8) is 0 Å². The SMILES string of the molecule is CN1CCCC(CNCCC2CCCCN2)C1. The van der Waals surface area contributed by atoms with Gasteiger partial charge in [-0.05, 0) is 71.2 Å². The van der Waals surface area contributed by atoms with Crippen LogP contribution in [-0.4, -0.2) is 50.7 Å². The maximum absolute atomic E-state index is 3.66. The fourth-order valence-corrected chi connectivity index (χ4v) is 3.19. The van der Waals surface area contributed by atoms with Gasteiger partial charge in [-0.1, -0.05) is 6.42 Å². The van der Waals surface area contributed by atoms with Gasteiger partial charge >= 0.3 is 0 Å². The Kier molecular flexibility index (Phi) is 5.75. The molecular weight excluding hydrogens is 210 g/mol. The molecule has 0 aromatic rings. The van der Waals surface area contributed by atoms with E-state index in [2.05, 4.69) is 22.6 Å². The van der Waals surface area contributed by atoms with E-state index >= 15 is 0 Å². The number of hydrogen-bond donors (Lipinski definition) is 2. The molecule has 0 bridgehead atoms. The topological polar surface area (TPSA) is 27.3 Å². The van der Waals surface area contributed by atoms with Crippen LogP contribution in [0.4, 0.5) is 0 Å². The molecule has 3 heteroatoms. The van der Waals surface area contributed by atoms with Crippen molar-refractivity contribution in [3.05, 3.63) is 0 Å². The molecule has 0 amide bonds. The molecule has 2 fully saturated rings. The summed E-state index contributed by atoms with van der Waals surface area (Å²) < 4.78 is 0. The van der Waals surface area contributed by atoms with E-state index in [4.69, 9.17) is 0 Å². The minimum absolute atomic E-state index is 0.783. The Morgan fingerprint density at radius 2 is 2.18 bits per heavy atom. The van der Waals surface area contributed by atoms with Crippen molar-refractivity contribution in [3.8, 4) is 0 Å². The summed E-state index contributed by atoms with van der Waals surface area (Å²) in [6.45, 7) is 6.23. The van der Waals surface area contributed by atoms with Crippen LogP contribution in [-0.2, 0) is 0 Å². The van der Waals surface area contributed by atoms with Crippen LogP contribution >= 0.6 is 0 Å². The van der Waals surface area contributed by atoms with E-state index in [1.807, 2.05) is 0 Å². The summed E-state index contributed by atoms with van der Waals surface area (Å²) in [6.07, 6.45) is 8.28. The summed E-state index contributed by atoms with van der Waals surface area (Å²) in [5, 5.41) is 7.27. The minimum atomic E-state index is 0.783. The van der Waals surface area contributed by atoms with Crippen LogP contribution in [0.15, 0.2) is 0 Å². The Labute approximate surface area is 106 Å². The Hall–Kier alpha value is -0.120. The van der Waals surface area contributed by atoms with Crippen LogP contribution in [0.25, 0.3) is 0 Å². The van der Waals surface area contributed by atoms with Crippen molar-refractivity contribution < 1.29 is 0 Å². The first-order chi connectivity index (χ1) is 8.34. The average molecular weight is 239 g/mol. The maximum Gasteiger partial charge on any atom is 0.00791 e. The second kappa shape index (κ2) is 7.34. The van der Waals surface area contributed by atoms with Gasteiger partial charge in [0.1, 0.15) is 0 Å². The van der Waals surface area contributed by atoms with Gasteiger partial charge < -0.3 is 15.5 Å². The van der Waals surface area contributed by atoms with Crippen molar-refractivity contribution >= 4 is 0 Å². The zero-order valence-corrected chi connectivity index (χ0v) is 11.4. The number of nitrogens with one attached hydrogen (secondary N) is 2. The molecule has 2 heterocycles. The molecule has 100 valence electrons. The molecule has 0 radical (unpaired) electrons. The smallest absolute Gasteiger partial charge is 0.00791 e. The van der Waals surface area contributed by atoms with Crippen molar-refractivity contribution in [2.45, 2.75) is 44.6 Å². The lowest BCUT2D eigenvalue weighted by Gasteiger charge is -2.30. The highest BCUT2D eigenvalue weighted by Gasteiger charge is 2.17. The number of nitrogens with zero attached hydrogens (tertiary/aromatic N) is 1. The summed E-state index contributed by atoms with van der Waals surface area (Å²) in [7, 11) is 2.25. The van der Waals surface area contributed by atoms with E-state index in [1.54, 1.807) is 0 Å². The third-order valence-corrected chi connectivity index (χ3v) is 4.24. The highest BCUT2D eigenvalue weighted by atomic mass is 15.1. The monoisotopic (exact) mass is 239 g/mol. The molecular formula is C14H29N3. The molecule has 0 aromatic heterocycles. The third-order valence-electron chi connectivity index (χ3n) is 4.24. The number of likely N-dealkylation sites (tertiary alicyclic amines) is 1. The predicted octanol–water partition coefficient (Wildman–Crippen LogP) is 1.45. The van der Waals surface area contributed by atoms with Gasteiger partial charge in [0.15, 0.2) is 0 Å². The van der Waals surface area contributed by atoms with Gasteiger partial charge in [-0.2, -0.15) is 0 Å². The Bertz CT molecular complexity index is 202. The first-order valence-electron chi connectivity index (χ1n) is 7.47. The molecule has 2 aliphatic rings. The number of hydrogen-bond acceptors (Lipinski definition) is 3. The molecule has 2 atom stereocenters. The van der Waals surface area contributed by atoms with Crippen LogP contribution < -0.4 is 10.6 Å². The van der Waals surface area contributed by atoms with Gasteiger partial charge in [0.25, 0.3) is 0 Å². The van der Waals surface area contributed by atoms with E-state index < -0.39 is 0 Å². The summed E-state index contributed by atoms with van der Waals surface area (Å²) >= 11 is 0. The van der Waals surface area contributed by atoms with Crippen molar-refractivity contribution in [1.82, 2.24) is 15.5 Å². The first-order valence-corrected chi connectivity index (χ1v) is 7.47. The van der Waals surface area contributed by atoms with E-state index in [9.17, 15) is 0 Å². The Balaban J connectivity index is 1.50. The van der Waals surface area contributed by atoms with E-state index in [0.717, 1.165) is 12.0 Å². The van der Waals surface area contributed by atoms with Crippen LogP contribution in [0.3, 0.4) is 0 Å². The lowest BCUT2D eigenvalue weighted by Crippen LogP contribution is -2.39. The van der Waals surface area contributed by atoms with Crippen LogP contribution in [0.5, 0.6) is 0 Å². The molecule has 0 aromatic carbocycles. The summed E-state index contributed by atoms with van der Waals surface area (Å²) in [5.74, 6) is 0.882. The molecule has 2 N–H and O–H groups in total. The van der Waals surface area contributed by atoms with Gasteiger partial charge in [-0.3, -0.25) is 0 Å². The zero-order chi connectivity index (χ0) is 11.9. The summed E-state index contributed by atoms with van der Waals surface area (Å²) in [4.78, 5) is 2.47. The molecule has 0 aliphatic carbocycles. The van der Waals surface area contributed by atoms with Gasteiger partial charge in [-0.25, -0.2) is 0 Å². The molecule has 0 saturated carbocycles. The van der Waals surface area contributed by atoms with Crippen LogP contribution in [0, 0.1) is 5.92 Å². The first kappa shape index (κ1) is 13.3. The van der Waals surface area contributed by atoms with Crippen molar-refractivity contribution in [1.29, 1.82) is 0 Å². The van der Waals surface area contributed by atoms with E-state index in [0.29, 0.717) is 0 Å². The minimum Gasteiger partial charge on any atom is -0.316 e. The zero-order valence-electron chi connectivity index (χ0n) is 11.4. The maximum atomic E-state index is 3.66. The van der Waals surface area contributed by atoms with Crippen molar-refractivity contribution in [2.24, 2.45) is 5.92 Å². The van der Waals surface area contributed by atoms with Gasteiger partial charge in [0, 0.05) is 12.6 Å². The summed E-state index contributed by atoms with van der Waals surface area (Å²) in [5.41, 5.74) is 0. The normalized spacial score (nSPS) is 31.6. The quantitative estimate of drug-likeness (QED) is 0.711. The average Bonchev–Trinajstić information content (AvgIpc) is 2.36. The van der Waals surface area contributed by atoms with E-state index in [-0.39, 0.29) is 0 Å². The van der Waals surface area contributed by atoms with Gasteiger partial charge in [-0.15, -0.1) is 0 Å². The highest BCUT2D eigenvalue weighted by molar-refractivity contribution is 4.75. The van der Waals surface area contributed by atoms with Crippen LogP contribution in [0.2, 0.25) is 0 Å². The lowest BCUT2D eigenvalue weighted by molar-refractivity contribution is 0.205. The highest BCUT2D eigenvalue weighted by Crippen LogP contribution is 2.14. The summed E-state index contributed by atoms with van der Waals surface area (Å²) in [6, 6.07) is 0.783. The second-order valence-electron chi connectivity index (χ2n) is 5.91. The van der Waals surface area contributed by atoms with Gasteiger partial charge in [0.05, 0.1) is 0 Å². The van der Waals surface area contributed by atoms with Crippen LogP contribution in [0.1, 0.15) is 38.5 Å².